The zero-order valence-corrected chi connectivity index (χ0v) is 13.3. The zero-order valence-electron chi connectivity index (χ0n) is 10.1. The lowest BCUT2D eigenvalue weighted by molar-refractivity contribution is -0.385. The number of hydrogen-bond donors (Lipinski definition) is 1. The van der Waals surface area contributed by atoms with Crippen molar-refractivity contribution in [3.05, 3.63) is 55.1 Å². The molecule has 7 nitrogen and oxygen atoms in total. The van der Waals surface area contributed by atoms with Gasteiger partial charge in [0.2, 0.25) is 5.88 Å². The van der Waals surface area contributed by atoms with Gasteiger partial charge in [0.15, 0.2) is 0 Å². The number of aromatic nitrogens is 1. The molecule has 1 aromatic heterocycles. The van der Waals surface area contributed by atoms with E-state index >= 15 is 0 Å². The van der Waals surface area contributed by atoms with Gasteiger partial charge in [0, 0.05) is 22.8 Å². The molecule has 9 heteroatoms. The number of rotatable bonds is 4. The first kappa shape index (κ1) is 15.4. The summed E-state index contributed by atoms with van der Waals surface area (Å²) in [5, 5.41) is 19.8. The maximum absolute atomic E-state index is 11.1. The molecule has 0 saturated carbocycles. The number of carboxylic acids is 1. The minimum absolute atomic E-state index is 0.133. The second kappa shape index (κ2) is 6.19. The summed E-state index contributed by atoms with van der Waals surface area (Å²) in [6.45, 7) is 0. The molecule has 0 radical (unpaired) electrons. The van der Waals surface area contributed by atoms with Gasteiger partial charge < -0.3 is 9.84 Å². The number of carboxylic acid groups (broad SMARTS) is 1. The van der Waals surface area contributed by atoms with Crippen LogP contribution in [0.4, 0.5) is 5.69 Å². The van der Waals surface area contributed by atoms with Crippen LogP contribution < -0.4 is 4.74 Å². The number of nitrogens with zero attached hydrogens (tertiary/aromatic N) is 2. The van der Waals surface area contributed by atoms with Crippen molar-refractivity contribution in [2.24, 2.45) is 0 Å². The van der Waals surface area contributed by atoms with Gasteiger partial charge in [-0.1, -0.05) is 0 Å². The maximum atomic E-state index is 11.1. The molecule has 2 rings (SSSR count). The summed E-state index contributed by atoms with van der Waals surface area (Å²) in [5.41, 5.74) is -0.955. The van der Waals surface area contributed by atoms with Crippen LogP contribution in [0.15, 0.2) is 39.4 Å². The van der Waals surface area contributed by atoms with Crippen LogP contribution in [-0.4, -0.2) is 21.0 Å². The van der Waals surface area contributed by atoms with Gasteiger partial charge in [0.25, 0.3) is 5.69 Å². The van der Waals surface area contributed by atoms with Crippen molar-refractivity contribution < 1.29 is 19.6 Å². The second-order valence-electron chi connectivity index (χ2n) is 3.78. The predicted octanol–water partition coefficient (Wildman–Crippen LogP) is 4.01. The Bertz CT molecular complexity index is 736. The molecule has 0 fully saturated rings. The first-order chi connectivity index (χ1) is 9.88. The molecule has 0 unspecified atom stereocenters. The van der Waals surface area contributed by atoms with Crippen molar-refractivity contribution in [1.82, 2.24) is 4.98 Å². The standard InChI is InChI=1S/C12H6Br2N2O5/c13-6-3-9(14)11(15-5-6)21-7-1-2-10(16(19)20)8(4-7)12(17)18/h1-5H,(H,17,18). The van der Waals surface area contributed by atoms with E-state index in [1.54, 1.807) is 6.07 Å². The van der Waals surface area contributed by atoms with Crippen LogP contribution in [0.3, 0.4) is 0 Å². The van der Waals surface area contributed by atoms with Gasteiger partial charge in [0.1, 0.15) is 11.3 Å². The third-order valence-electron chi connectivity index (χ3n) is 2.38. The van der Waals surface area contributed by atoms with E-state index in [4.69, 9.17) is 9.84 Å². The molecule has 0 aliphatic rings. The molecule has 0 amide bonds. The van der Waals surface area contributed by atoms with Crippen LogP contribution in [0.25, 0.3) is 0 Å². The van der Waals surface area contributed by atoms with Crippen LogP contribution in [0, 0.1) is 10.1 Å². The van der Waals surface area contributed by atoms with Gasteiger partial charge in [-0.2, -0.15) is 0 Å². The first-order valence-corrected chi connectivity index (χ1v) is 6.97. The fourth-order valence-corrected chi connectivity index (χ4v) is 2.57. The summed E-state index contributed by atoms with van der Waals surface area (Å²) in [5.74, 6) is -1.06. The minimum Gasteiger partial charge on any atom is -0.477 e. The highest BCUT2D eigenvalue weighted by molar-refractivity contribution is 9.11. The second-order valence-corrected chi connectivity index (χ2v) is 5.55. The molecule has 0 bridgehead atoms. The number of pyridine rings is 1. The number of ether oxygens (including phenoxy) is 1. The van der Waals surface area contributed by atoms with E-state index in [9.17, 15) is 14.9 Å². The van der Waals surface area contributed by atoms with Gasteiger partial charge >= 0.3 is 5.97 Å². The fourth-order valence-electron chi connectivity index (χ4n) is 1.50. The number of benzene rings is 1. The topological polar surface area (TPSA) is 103 Å². The lowest BCUT2D eigenvalue weighted by Gasteiger charge is -2.07. The van der Waals surface area contributed by atoms with E-state index in [-0.39, 0.29) is 11.6 Å². The Balaban J connectivity index is 2.39. The lowest BCUT2D eigenvalue weighted by atomic mass is 10.1. The quantitative estimate of drug-likeness (QED) is 0.595. The summed E-state index contributed by atoms with van der Waals surface area (Å²) in [7, 11) is 0. The number of halogens is 2. The van der Waals surface area contributed by atoms with Crippen LogP contribution in [0.5, 0.6) is 11.6 Å². The van der Waals surface area contributed by atoms with Crippen molar-refractivity contribution in [2.75, 3.05) is 0 Å². The number of nitro groups is 1. The normalized spacial score (nSPS) is 10.2. The Labute approximate surface area is 135 Å². The van der Waals surface area contributed by atoms with Crippen molar-refractivity contribution >= 4 is 43.5 Å². The van der Waals surface area contributed by atoms with E-state index < -0.39 is 22.1 Å². The van der Waals surface area contributed by atoms with Gasteiger partial charge in [0.05, 0.1) is 9.40 Å². The first-order valence-electron chi connectivity index (χ1n) is 5.39. The highest BCUT2D eigenvalue weighted by Gasteiger charge is 2.21. The minimum atomic E-state index is -1.41. The van der Waals surface area contributed by atoms with Gasteiger partial charge in [-0.3, -0.25) is 10.1 Å². The van der Waals surface area contributed by atoms with Crippen molar-refractivity contribution in [1.29, 1.82) is 0 Å². The number of carbonyl (C=O) groups is 1. The van der Waals surface area contributed by atoms with Crippen LogP contribution in [0.1, 0.15) is 10.4 Å². The monoisotopic (exact) mass is 416 g/mol. The maximum Gasteiger partial charge on any atom is 0.342 e. The van der Waals surface area contributed by atoms with Gasteiger partial charge in [-0.25, -0.2) is 9.78 Å². The molecule has 0 atom stereocenters. The molecule has 0 aliphatic carbocycles. The average molecular weight is 418 g/mol. The van der Waals surface area contributed by atoms with Gasteiger partial charge in [-0.15, -0.1) is 0 Å². The molecular formula is C12H6Br2N2O5. The van der Waals surface area contributed by atoms with Gasteiger partial charge in [-0.05, 0) is 44.0 Å². The highest BCUT2D eigenvalue weighted by Crippen LogP contribution is 2.31. The summed E-state index contributed by atoms with van der Waals surface area (Å²) in [4.78, 5) is 25.1. The zero-order chi connectivity index (χ0) is 15.6. The van der Waals surface area contributed by atoms with Crippen molar-refractivity contribution in [2.45, 2.75) is 0 Å². The Hall–Kier alpha value is -2.00. The largest absolute Gasteiger partial charge is 0.477 e. The molecule has 21 heavy (non-hydrogen) atoms. The van der Waals surface area contributed by atoms with Crippen molar-refractivity contribution in [3.63, 3.8) is 0 Å². The highest BCUT2D eigenvalue weighted by atomic mass is 79.9. The van der Waals surface area contributed by atoms with Crippen LogP contribution >= 0.6 is 31.9 Å². The number of hydrogen-bond acceptors (Lipinski definition) is 5. The Morgan fingerprint density at radius 3 is 2.62 bits per heavy atom. The Morgan fingerprint density at radius 1 is 1.33 bits per heavy atom. The van der Waals surface area contributed by atoms with E-state index in [1.165, 1.54) is 12.3 Å². The summed E-state index contributed by atoms with van der Waals surface area (Å²) in [6, 6.07) is 5.16. The molecule has 0 aliphatic heterocycles. The molecule has 1 aromatic carbocycles. The molecule has 1 N–H and O–H groups in total. The van der Waals surface area contributed by atoms with Crippen LogP contribution in [-0.2, 0) is 0 Å². The van der Waals surface area contributed by atoms with E-state index in [1.807, 2.05) is 0 Å². The third-order valence-corrected chi connectivity index (χ3v) is 3.39. The summed E-state index contributed by atoms with van der Waals surface area (Å²) >= 11 is 6.48. The smallest absolute Gasteiger partial charge is 0.342 e. The summed E-state index contributed by atoms with van der Waals surface area (Å²) < 4.78 is 6.71. The molecular weight excluding hydrogens is 412 g/mol. The SMILES string of the molecule is O=C(O)c1cc(Oc2ncc(Br)cc2Br)ccc1[N+](=O)[O-]. The third kappa shape index (κ3) is 3.56. The van der Waals surface area contributed by atoms with E-state index in [0.29, 0.717) is 4.47 Å². The summed E-state index contributed by atoms with van der Waals surface area (Å²) in [6.07, 6.45) is 1.50. The molecule has 2 aromatic rings. The van der Waals surface area contributed by atoms with Crippen LogP contribution in [0.2, 0.25) is 0 Å². The Morgan fingerprint density at radius 2 is 2.05 bits per heavy atom. The van der Waals surface area contributed by atoms with Crippen molar-refractivity contribution in [3.8, 4) is 11.6 Å². The fraction of sp³-hybridized carbons (Fsp3) is 0. The number of aromatic carboxylic acids is 1. The lowest BCUT2D eigenvalue weighted by Crippen LogP contribution is -2.03. The molecule has 0 spiro atoms. The number of nitro benzene ring substituents is 1. The molecule has 108 valence electrons. The average Bonchev–Trinajstić information content (AvgIpc) is 2.41. The molecule has 0 saturated heterocycles. The molecule has 1 heterocycles. The predicted molar refractivity (Wildman–Crippen MR) is 79.8 cm³/mol. The van der Waals surface area contributed by atoms with E-state index in [2.05, 4.69) is 36.8 Å². The Kier molecular flexibility index (Phi) is 4.53. The van der Waals surface area contributed by atoms with E-state index in [0.717, 1.165) is 16.6 Å².